The Kier molecular flexibility index (Phi) is 6.92. The molecule has 4 heteroatoms. The molecule has 3 aromatic rings. The summed E-state index contributed by atoms with van der Waals surface area (Å²) in [4.78, 5) is 21.8. The molecule has 0 amide bonds. The highest BCUT2D eigenvalue weighted by atomic mass is 16.4. The zero-order valence-electron chi connectivity index (χ0n) is 19.6. The van der Waals surface area contributed by atoms with Crippen molar-refractivity contribution in [2.24, 2.45) is 0 Å². The van der Waals surface area contributed by atoms with Gasteiger partial charge in [0, 0.05) is 12.8 Å². The Morgan fingerprint density at radius 1 is 0.625 bits per heavy atom. The predicted molar refractivity (Wildman–Crippen MR) is 130 cm³/mol. The van der Waals surface area contributed by atoms with Gasteiger partial charge in [0.05, 0.1) is 0 Å². The third-order valence-corrected chi connectivity index (χ3v) is 6.74. The van der Waals surface area contributed by atoms with Crippen LogP contribution >= 0.6 is 0 Å². The summed E-state index contributed by atoms with van der Waals surface area (Å²) in [5.74, 6) is -1.49. The number of rotatable bonds is 10. The van der Waals surface area contributed by atoms with Gasteiger partial charge in [0.25, 0.3) is 0 Å². The van der Waals surface area contributed by atoms with Gasteiger partial charge < -0.3 is 10.2 Å². The molecule has 3 aromatic carbocycles. The van der Waals surface area contributed by atoms with Crippen molar-refractivity contribution in [3.8, 4) is 0 Å². The molecule has 0 aliphatic rings. The highest BCUT2D eigenvalue weighted by Crippen LogP contribution is 2.35. The Balaban J connectivity index is 1.91. The van der Waals surface area contributed by atoms with Gasteiger partial charge in [0.15, 0.2) is 0 Å². The monoisotopic (exact) mass is 434 g/mol. The second kappa shape index (κ2) is 9.32. The molecule has 4 nitrogen and oxygen atoms in total. The van der Waals surface area contributed by atoms with Crippen molar-refractivity contribution in [3.05, 3.63) is 59.7 Å². The van der Waals surface area contributed by atoms with Crippen molar-refractivity contribution < 1.29 is 19.8 Å². The summed E-state index contributed by atoms with van der Waals surface area (Å²) in [5, 5.41) is 22.6. The van der Waals surface area contributed by atoms with Gasteiger partial charge in [-0.15, -0.1) is 0 Å². The second-order valence-electron chi connectivity index (χ2n) is 10.2. The summed E-state index contributed by atoms with van der Waals surface area (Å²) in [6.07, 6.45) is 3.39. The number of benzene rings is 3. The summed E-state index contributed by atoms with van der Waals surface area (Å²) in [6, 6.07) is 17.6. The summed E-state index contributed by atoms with van der Waals surface area (Å²) >= 11 is 0. The topological polar surface area (TPSA) is 74.6 Å². The highest BCUT2D eigenvalue weighted by molar-refractivity contribution is 5.98. The van der Waals surface area contributed by atoms with Gasteiger partial charge in [-0.1, -0.05) is 64.1 Å². The smallest absolute Gasteiger partial charge is 0.303 e. The fourth-order valence-corrected chi connectivity index (χ4v) is 4.49. The van der Waals surface area contributed by atoms with Gasteiger partial charge >= 0.3 is 11.9 Å². The van der Waals surface area contributed by atoms with Crippen LogP contribution in [0.1, 0.15) is 77.3 Å². The van der Waals surface area contributed by atoms with Crippen LogP contribution in [0.3, 0.4) is 0 Å². The summed E-state index contributed by atoms with van der Waals surface area (Å²) in [5.41, 5.74) is 2.26. The first-order valence-electron chi connectivity index (χ1n) is 11.4. The van der Waals surface area contributed by atoms with E-state index in [1.807, 2.05) is 0 Å². The molecule has 0 fully saturated rings. The molecule has 2 N–H and O–H groups in total. The van der Waals surface area contributed by atoms with E-state index in [1.165, 1.54) is 32.7 Å². The van der Waals surface area contributed by atoms with Crippen molar-refractivity contribution in [1.29, 1.82) is 0 Å². The average molecular weight is 435 g/mol. The van der Waals surface area contributed by atoms with E-state index in [-0.39, 0.29) is 23.7 Å². The van der Waals surface area contributed by atoms with Crippen LogP contribution in [0.15, 0.2) is 48.5 Å². The minimum Gasteiger partial charge on any atom is -0.481 e. The lowest BCUT2D eigenvalue weighted by molar-refractivity contribution is -0.138. The number of carbonyl (C=O) groups is 2. The van der Waals surface area contributed by atoms with Crippen LogP contribution in [0.5, 0.6) is 0 Å². The van der Waals surface area contributed by atoms with Gasteiger partial charge in [-0.2, -0.15) is 0 Å². The number of carboxylic acids is 2. The van der Waals surface area contributed by atoms with Gasteiger partial charge in [-0.25, -0.2) is 0 Å². The molecule has 0 aliphatic heterocycles. The summed E-state index contributed by atoms with van der Waals surface area (Å²) in [6.45, 7) is 8.70. The van der Waals surface area contributed by atoms with Gasteiger partial charge in [0.2, 0.25) is 0 Å². The molecule has 3 rings (SSSR count). The van der Waals surface area contributed by atoms with E-state index in [2.05, 4.69) is 76.2 Å². The first-order valence-corrected chi connectivity index (χ1v) is 11.4. The molecule has 0 saturated heterocycles. The van der Waals surface area contributed by atoms with Crippen LogP contribution in [0.2, 0.25) is 0 Å². The van der Waals surface area contributed by atoms with Gasteiger partial charge in [-0.05, 0) is 81.3 Å². The van der Waals surface area contributed by atoms with E-state index in [9.17, 15) is 9.59 Å². The van der Waals surface area contributed by atoms with Crippen molar-refractivity contribution in [2.75, 3.05) is 0 Å². The van der Waals surface area contributed by atoms with Gasteiger partial charge in [-0.3, -0.25) is 9.59 Å². The summed E-state index contributed by atoms with van der Waals surface area (Å²) in [7, 11) is 0. The maximum atomic E-state index is 10.9. The molecule has 0 unspecified atom stereocenters. The molecule has 0 radical (unpaired) electrons. The maximum absolute atomic E-state index is 10.9. The molecule has 0 saturated carbocycles. The van der Waals surface area contributed by atoms with E-state index in [1.54, 1.807) is 0 Å². The molecule has 32 heavy (non-hydrogen) atoms. The standard InChI is InChI=1S/C28H34O4/c1-27(2,13-5-7-25(29)30)23-11-9-19-15-20-10-12-24(18-22(20)16-21(19)17-23)28(3,4)14-6-8-26(31)32/h9-12,15-18H,5-8,13-14H2,1-4H3,(H,29,30)(H,31,32). The van der Waals surface area contributed by atoms with E-state index in [0.717, 1.165) is 12.8 Å². The number of hydrogen-bond acceptors (Lipinski definition) is 2. The number of fused-ring (bicyclic) bond motifs is 2. The van der Waals surface area contributed by atoms with Gasteiger partial charge in [0.1, 0.15) is 0 Å². The Bertz CT molecular complexity index is 1050. The van der Waals surface area contributed by atoms with Crippen LogP contribution in [-0.2, 0) is 20.4 Å². The summed E-state index contributed by atoms with van der Waals surface area (Å²) < 4.78 is 0. The molecule has 0 atom stereocenters. The Morgan fingerprint density at radius 2 is 1.00 bits per heavy atom. The third-order valence-electron chi connectivity index (χ3n) is 6.74. The lowest BCUT2D eigenvalue weighted by Gasteiger charge is -2.26. The van der Waals surface area contributed by atoms with Crippen LogP contribution in [0.25, 0.3) is 21.5 Å². The minimum absolute atomic E-state index is 0.0907. The largest absolute Gasteiger partial charge is 0.481 e. The molecule has 0 aliphatic carbocycles. The molecule has 0 bridgehead atoms. The van der Waals surface area contributed by atoms with Crippen LogP contribution < -0.4 is 0 Å². The van der Waals surface area contributed by atoms with Crippen molar-refractivity contribution in [2.45, 2.75) is 77.0 Å². The number of aliphatic carboxylic acids is 2. The number of carboxylic acid groups (broad SMARTS) is 2. The molecule has 0 heterocycles. The lowest BCUT2D eigenvalue weighted by atomic mass is 9.78. The predicted octanol–water partition coefficient (Wildman–Crippen LogP) is 7.06. The van der Waals surface area contributed by atoms with Crippen molar-refractivity contribution in [1.82, 2.24) is 0 Å². The fraction of sp³-hybridized carbons (Fsp3) is 0.429. The van der Waals surface area contributed by atoms with E-state index >= 15 is 0 Å². The molecular weight excluding hydrogens is 400 g/mol. The Labute approximate surface area is 190 Å². The van der Waals surface area contributed by atoms with E-state index in [0.29, 0.717) is 12.8 Å². The second-order valence-corrected chi connectivity index (χ2v) is 10.2. The van der Waals surface area contributed by atoms with Crippen molar-refractivity contribution >= 4 is 33.5 Å². The van der Waals surface area contributed by atoms with Crippen LogP contribution in [-0.4, -0.2) is 22.2 Å². The fourth-order valence-electron chi connectivity index (χ4n) is 4.49. The molecule has 0 aromatic heterocycles. The normalized spacial score (nSPS) is 12.4. The average Bonchev–Trinajstić information content (AvgIpc) is 2.70. The van der Waals surface area contributed by atoms with Crippen LogP contribution in [0, 0.1) is 0 Å². The SMILES string of the molecule is CC(C)(CCCC(=O)O)c1ccc2cc3ccc(C(C)(C)CCCC(=O)O)cc3cc2c1. The van der Waals surface area contributed by atoms with Crippen molar-refractivity contribution in [3.63, 3.8) is 0 Å². The zero-order valence-corrected chi connectivity index (χ0v) is 19.6. The zero-order chi connectivity index (χ0) is 23.5. The van der Waals surface area contributed by atoms with E-state index in [4.69, 9.17) is 10.2 Å². The molecule has 170 valence electrons. The third kappa shape index (κ3) is 5.67. The molecule has 0 spiro atoms. The quantitative estimate of drug-likeness (QED) is 0.335. The Morgan fingerprint density at radius 3 is 1.38 bits per heavy atom. The number of hydrogen-bond donors (Lipinski definition) is 2. The first-order chi connectivity index (χ1) is 15.0. The van der Waals surface area contributed by atoms with Crippen LogP contribution in [0.4, 0.5) is 0 Å². The minimum atomic E-state index is -0.743. The van der Waals surface area contributed by atoms with E-state index < -0.39 is 11.9 Å². The molecular formula is C28H34O4. The first kappa shape index (κ1) is 23.8. The Hall–Kier alpha value is -2.88. The maximum Gasteiger partial charge on any atom is 0.303 e. The highest BCUT2D eigenvalue weighted by Gasteiger charge is 2.22. The lowest BCUT2D eigenvalue weighted by Crippen LogP contribution is -2.17.